The summed E-state index contributed by atoms with van der Waals surface area (Å²) in [5.74, 6) is -11.1. The molecule has 1 saturated heterocycles. The van der Waals surface area contributed by atoms with Gasteiger partial charge in [0.15, 0.2) is 0 Å². The van der Waals surface area contributed by atoms with E-state index in [2.05, 4.69) is 0 Å². The number of alkyl halides is 7. The molecule has 1 fully saturated rings. The Bertz CT molecular complexity index is 217. The molecule has 1 heterocycles. The molecule has 0 saturated carbocycles. The minimum absolute atomic E-state index is 0.0220. The maximum Gasteiger partial charge on any atom is 0.459 e. The lowest BCUT2D eigenvalue weighted by Crippen LogP contribution is -2.65. The standard InChI is InChI=1S/C6H6F7N/c7-4(8,3-1-2-14-3)5(9,10)6(11,12)13/h3,14H,1-2H2. The van der Waals surface area contributed by atoms with Gasteiger partial charge in [0.1, 0.15) is 0 Å². The number of nitrogens with one attached hydrogen (secondary N) is 1. The van der Waals surface area contributed by atoms with E-state index >= 15 is 0 Å². The van der Waals surface area contributed by atoms with Gasteiger partial charge < -0.3 is 5.32 Å². The average Bonchev–Trinajstić information content (AvgIpc) is 1.78. The maximum atomic E-state index is 12.6. The first kappa shape index (κ1) is 11.5. The topological polar surface area (TPSA) is 12.0 Å². The Morgan fingerprint density at radius 2 is 1.36 bits per heavy atom. The fourth-order valence-corrected chi connectivity index (χ4v) is 1.01. The van der Waals surface area contributed by atoms with Crippen molar-refractivity contribution in [3.8, 4) is 0 Å². The molecule has 8 heteroatoms. The number of halogens is 7. The molecule has 1 nitrogen and oxygen atoms in total. The van der Waals surface area contributed by atoms with E-state index in [9.17, 15) is 30.7 Å². The first-order valence-corrected chi connectivity index (χ1v) is 3.66. The fraction of sp³-hybridized carbons (Fsp3) is 1.00. The van der Waals surface area contributed by atoms with E-state index in [1.54, 1.807) is 0 Å². The van der Waals surface area contributed by atoms with Gasteiger partial charge in [0, 0.05) is 0 Å². The minimum Gasteiger partial charge on any atom is -0.308 e. The van der Waals surface area contributed by atoms with Crippen molar-refractivity contribution >= 4 is 0 Å². The van der Waals surface area contributed by atoms with Crippen LogP contribution in [0.1, 0.15) is 6.42 Å². The number of rotatable bonds is 2. The molecule has 0 radical (unpaired) electrons. The lowest BCUT2D eigenvalue weighted by atomic mass is 9.94. The van der Waals surface area contributed by atoms with Crippen LogP contribution in [-0.2, 0) is 0 Å². The first-order chi connectivity index (χ1) is 6.11. The highest BCUT2D eigenvalue weighted by Gasteiger charge is 2.75. The molecule has 1 aliphatic heterocycles. The monoisotopic (exact) mass is 225 g/mol. The molecule has 1 rings (SSSR count). The minimum atomic E-state index is -6.23. The van der Waals surface area contributed by atoms with Crippen LogP contribution in [0.3, 0.4) is 0 Å². The molecule has 1 N–H and O–H groups in total. The SMILES string of the molecule is FC(F)(F)C(F)(F)C(F)(F)C1CCN1. The van der Waals surface area contributed by atoms with Gasteiger partial charge in [-0.25, -0.2) is 0 Å². The molecule has 0 amide bonds. The molecule has 0 spiro atoms. The summed E-state index contributed by atoms with van der Waals surface area (Å²) in [6, 6.07) is -2.10. The van der Waals surface area contributed by atoms with Crippen LogP contribution in [0.15, 0.2) is 0 Å². The smallest absolute Gasteiger partial charge is 0.308 e. The van der Waals surface area contributed by atoms with Gasteiger partial charge in [0.25, 0.3) is 0 Å². The summed E-state index contributed by atoms with van der Waals surface area (Å²) >= 11 is 0. The van der Waals surface area contributed by atoms with Gasteiger partial charge in [-0.15, -0.1) is 0 Å². The van der Waals surface area contributed by atoms with Gasteiger partial charge in [-0.3, -0.25) is 0 Å². The van der Waals surface area contributed by atoms with Gasteiger partial charge in [0.2, 0.25) is 0 Å². The van der Waals surface area contributed by atoms with Crippen LogP contribution in [0.5, 0.6) is 0 Å². The van der Waals surface area contributed by atoms with Crippen molar-refractivity contribution in [3.63, 3.8) is 0 Å². The van der Waals surface area contributed by atoms with Crippen LogP contribution in [0.2, 0.25) is 0 Å². The van der Waals surface area contributed by atoms with Crippen LogP contribution in [-0.4, -0.2) is 30.6 Å². The quantitative estimate of drug-likeness (QED) is 0.710. The van der Waals surface area contributed by atoms with E-state index in [4.69, 9.17) is 0 Å². The van der Waals surface area contributed by atoms with Crippen molar-refractivity contribution in [2.45, 2.75) is 30.5 Å². The summed E-state index contributed by atoms with van der Waals surface area (Å²) in [7, 11) is 0. The third-order valence-electron chi connectivity index (χ3n) is 2.04. The number of hydrogen-bond acceptors (Lipinski definition) is 1. The van der Waals surface area contributed by atoms with E-state index < -0.39 is 30.5 Å². The van der Waals surface area contributed by atoms with E-state index in [1.807, 2.05) is 5.32 Å². The molecule has 0 aromatic heterocycles. The lowest BCUT2D eigenvalue weighted by molar-refractivity contribution is -0.363. The average molecular weight is 225 g/mol. The van der Waals surface area contributed by atoms with Crippen LogP contribution in [0.4, 0.5) is 30.7 Å². The molecule has 84 valence electrons. The Hall–Kier alpha value is -0.530. The molecule has 0 bridgehead atoms. The van der Waals surface area contributed by atoms with Crippen molar-refractivity contribution < 1.29 is 30.7 Å². The van der Waals surface area contributed by atoms with E-state index in [0.717, 1.165) is 0 Å². The first-order valence-electron chi connectivity index (χ1n) is 3.66. The predicted molar refractivity (Wildman–Crippen MR) is 32.4 cm³/mol. The van der Waals surface area contributed by atoms with E-state index in [-0.39, 0.29) is 6.54 Å². The summed E-state index contributed by atoms with van der Waals surface area (Å²) in [4.78, 5) is 0. The fourth-order valence-electron chi connectivity index (χ4n) is 1.01. The third kappa shape index (κ3) is 1.45. The summed E-state index contributed by atoms with van der Waals surface area (Å²) < 4.78 is 84.5. The van der Waals surface area contributed by atoms with Crippen molar-refractivity contribution in [2.75, 3.05) is 6.54 Å². The molecule has 0 aliphatic carbocycles. The molecular formula is C6H6F7N. The maximum absolute atomic E-state index is 12.6. The van der Waals surface area contributed by atoms with Gasteiger partial charge >= 0.3 is 18.0 Å². The lowest BCUT2D eigenvalue weighted by Gasteiger charge is -2.39. The zero-order valence-electron chi connectivity index (χ0n) is 6.64. The highest BCUT2D eigenvalue weighted by Crippen LogP contribution is 2.49. The summed E-state index contributed by atoms with van der Waals surface area (Å²) in [6.45, 7) is 0.0220. The molecule has 1 atom stereocenters. The van der Waals surface area contributed by atoms with Gasteiger partial charge in [-0.05, 0) is 13.0 Å². The molecule has 0 aromatic rings. The van der Waals surface area contributed by atoms with Crippen LogP contribution < -0.4 is 5.32 Å². The molecule has 1 aliphatic rings. The Balaban J connectivity index is 2.89. The number of hydrogen-bond donors (Lipinski definition) is 1. The van der Waals surface area contributed by atoms with Crippen molar-refractivity contribution in [1.29, 1.82) is 0 Å². The summed E-state index contributed by atoms with van der Waals surface area (Å²) in [6.07, 6.45) is -6.62. The van der Waals surface area contributed by atoms with E-state index in [1.165, 1.54) is 0 Å². The summed E-state index contributed by atoms with van der Waals surface area (Å²) in [5, 5.41) is 1.83. The Morgan fingerprint density at radius 1 is 0.929 bits per heavy atom. The highest BCUT2D eigenvalue weighted by atomic mass is 19.4. The Kier molecular flexibility index (Phi) is 2.46. The van der Waals surface area contributed by atoms with Crippen molar-refractivity contribution in [3.05, 3.63) is 0 Å². The normalized spacial score (nSPS) is 24.6. The zero-order valence-corrected chi connectivity index (χ0v) is 6.64. The van der Waals surface area contributed by atoms with Crippen LogP contribution in [0, 0.1) is 0 Å². The van der Waals surface area contributed by atoms with Gasteiger partial charge in [-0.1, -0.05) is 0 Å². The summed E-state index contributed by atoms with van der Waals surface area (Å²) in [5.41, 5.74) is 0. The second-order valence-electron chi connectivity index (χ2n) is 2.99. The molecular weight excluding hydrogens is 219 g/mol. The predicted octanol–water partition coefficient (Wildman–Crippen LogP) is 2.18. The zero-order chi connectivity index (χ0) is 11.2. The Labute approximate surface area is 74.3 Å². The molecule has 1 unspecified atom stereocenters. The van der Waals surface area contributed by atoms with Crippen LogP contribution in [0.25, 0.3) is 0 Å². The molecule has 14 heavy (non-hydrogen) atoms. The van der Waals surface area contributed by atoms with Gasteiger partial charge in [-0.2, -0.15) is 30.7 Å². The van der Waals surface area contributed by atoms with Gasteiger partial charge in [0.05, 0.1) is 6.04 Å². The van der Waals surface area contributed by atoms with Crippen molar-refractivity contribution in [1.82, 2.24) is 5.32 Å². The highest BCUT2D eigenvalue weighted by molar-refractivity contribution is 5.02. The second-order valence-corrected chi connectivity index (χ2v) is 2.99. The Morgan fingerprint density at radius 3 is 1.57 bits per heavy atom. The van der Waals surface area contributed by atoms with Crippen LogP contribution >= 0.6 is 0 Å². The largest absolute Gasteiger partial charge is 0.459 e. The molecule has 0 aromatic carbocycles. The third-order valence-corrected chi connectivity index (χ3v) is 2.04. The van der Waals surface area contributed by atoms with Crippen molar-refractivity contribution in [2.24, 2.45) is 0 Å². The second kappa shape index (κ2) is 2.98. The van der Waals surface area contributed by atoms with E-state index in [0.29, 0.717) is 0 Å².